The number of aliphatic hydroxyl groups excluding tert-OH is 1. The van der Waals surface area contributed by atoms with Crippen LogP contribution in [0.1, 0.15) is 19.8 Å². The highest BCUT2D eigenvalue weighted by Crippen LogP contribution is 2.05. The first-order valence-corrected chi connectivity index (χ1v) is 12.7. The molecule has 0 aromatic carbocycles. The maximum Gasteiger partial charge on any atom is 0.328 e. The zero-order valence-electron chi connectivity index (χ0n) is 17.3. The Morgan fingerprint density at radius 3 is 1.90 bits per heavy atom. The zero-order valence-corrected chi connectivity index (χ0v) is 19.8. The molecule has 5 unspecified atom stereocenters. The lowest BCUT2D eigenvalue weighted by molar-refractivity contribution is -0.145. The number of thiol groups is 1. The molecule has 13 heteroatoms. The largest absolute Gasteiger partial charge is 0.480 e. The third kappa shape index (κ3) is 10.8. The predicted octanol–water partition coefficient (Wildman–Crippen LogP) is -1.33. The van der Waals surface area contributed by atoms with Gasteiger partial charge in [0, 0.05) is 5.75 Å². The summed E-state index contributed by atoms with van der Waals surface area (Å²) in [5.41, 5.74) is 5.80. The van der Waals surface area contributed by atoms with Crippen molar-refractivity contribution < 1.29 is 29.4 Å². The van der Waals surface area contributed by atoms with E-state index < -0.39 is 54.0 Å². The summed E-state index contributed by atoms with van der Waals surface area (Å²) in [5, 5.41) is 26.0. The summed E-state index contributed by atoms with van der Waals surface area (Å²) >= 11 is 7.07. The zero-order chi connectivity index (χ0) is 23.3. The summed E-state index contributed by atoms with van der Waals surface area (Å²) in [6.45, 7) is 1.24. The van der Waals surface area contributed by atoms with Gasteiger partial charge in [-0.1, -0.05) is 0 Å². The van der Waals surface area contributed by atoms with Crippen LogP contribution in [0, 0.1) is 0 Å². The molecule has 0 rings (SSSR count). The molecule has 10 nitrogen and oxygen atoms in total. The molecule has 0 heterocycles. The number of carboxylic acid groups (broad SMARTS) is 1. The number of amides is 3. The molecule has 0 spiro atoms. The maximum atomic E-state index is 12.6. The van der Waals surface area contributed by atoms with E-state index in [4.69, 9.17) is 10.8 Å². The lowest BCUT2D eigenvalue weighted by Crippen LogP contribution is -2.58. The van der Waals surface area contributed by atoms with Gasteiger partial charge in [0.25, 0.3) is 0 Å². The second-order valence-electron chi connectivity index (χ2n) is 6.54. The summed E-state index contributed by atoms with van der Waals surface area (Å²) in [6, 6.07) is -4.35. The van der Waals surface area contributed by atoms with E-state index in [1.54, 1.807) is 11.8 Å². The Kier molecular flexibility index (Phi) is 15.0. The Hall–Kier alpha value is -1.15. The summed E-state index contributed by atoms with van der Waals surface area (Å²) in [7, 11) is 0. The average Bonchev–Trinajstić information content (AvgIpc) is 2.69. The fourth-order valence-corrected chi connectivity index (χ4v) is 3.49. The molecule has 0 aliphatic carbocycles. The van der Waals surface area contributed by atoms with Crippen LogP contribution >= 0.6 is 36.2 Å². The van der Waals surface area contributed by atoms with Crippen LogP contribution in [0.15, 0.2) is 0 Å². The van der Waals surface area contributed by atoms with Crippen molar-refractivity contribution in [2.45, 2.75) is 50.0 Å². The Morgan fingerprint density at radius 1 is 0.933 bits per heavy atom. The molecular formula is C17H32N4O6S3. The van der Waals surface area contributed by atoms with Gasteiger partial charge in [0.15, 0.2) is 6.04 Å². The summed E-state index contributed by atoms with van der Waals surface area (Å²) in [6.07, 6.45) is 3.06. The molecule has 0 aliphatic rings. The third-order valence-corrected chi connectivity index (χ3v) is 5.73. The van der Waals surface area contributed by atoms with Crippen LogP contribution in [0.25, 0.3) is 0 Å². The standard InChI is InChI=1S/C17H32N4O6S3/c1-9(22)13(17(26)27)21-15(24)11(5-7-30-3)19-16(25)12(8-28)20-14(23)10(18)4-6-29-2/h9-13,22,28H,4-8,18H2,1-3H3,(H,19,25)(H,20,23)(H,21,24)(H,26,27). The Morgan fingerprint density at radius 2 is 1.43 bits per heavy atom. The van der Waals surface area contributed by atoms with E-state index in [1.807, 2.05) is 12.5 Å². The second-order valence-corrected chi connectivity index (χ2v) is 8.88. The van der Waals surface area contributed by atoms with E-state index in [1.165, 1.54) is 18.7 Å². The molecule has 30 heavy (non-hydrogen) atoms. The van der Waals surface area contributed by atoms with Crippen LogP contribution in [-0.2, 0) is 19.2 Å². The Bertz CT molecular complexity index is 582. The molecule has 0 fully saturated rings. The molecule has 0 aromatic rings. The number of nitrogens with two attached hydrogens (primary N) is 1. The first-order chi connectivity index (χ1) is 14.1. The van der Waals surface area contributed by atoms with Crippen molar-refractivity contribution in [3.63, 3.8) is 0 Å². The normalized spacial score (nSPS) is 15.9. The van der Waals surface area contributed by atoms with Crippen LogP contribution in [0.4, 0.5) is 0 Å². The van der Waals surface area contributed by atoms with Crippen molar-refractivity contribution in [2.75, 3.05) is 29.8 Å². The number of hydrogen-bond donors (Lipinski definition) is 7. The van der Waals surface area contributed by atoms with Gasteiger partial charge in [-0.05, 0) is 43.8 Å². The highest BCUT2D eigenvalue weighted by molar-refractivity contribution is 7.98. The molecule has 0 saturated carbocycles. The first kappa shape index (κ1) is 28.9. The molecule has 0 aromatic heterocycles. The fraction of sp³-hybridized carbons (Fsp3) is 0.765. The summed E-state index contributed by atoms with van der Waals surface area (Å²) in [4.78, 5) is 48.5. The van der Waals surface area contributed by atoms with E-state index in [0.29, 0.717) is 17.9 Å². The Labute approximate surface area is 190 Å². The van der Waals surface area contributed by atoms with Crippen molar-refractivity contribution in [2.24, 2.45) is 5.73 Å². The number of nitrogens with one attached hydrogen (secondary N) is 3. The van der Waals surface area contributed by atoms with Gasteiger partial charge in [0.05, 0.1) is 12.1 Å². The maximum absolute atomic E-state index is 12.6. The Balaban J connectivity index is 5.14. The number of carboxylic acids is 1. The molecule has 0 radical (unpaired) electrons. The summed E-state index contributed by atoms with van der Waals surface area (Å²) < 4.78 is 0. The van der Waals surface area contributed by atoms with Crippen molar-refractivity contribution in [1.82, 2.24) is 16.0 Å². The minimum absolute atomic E-state index is 0.0187. The minimum atomic E-state index is -1.51. The van der Waals surface area contributed by atoms with Crippen molar-refractivity contribution in [3.8, 4) is 0 Å². The van der Waals surface area contributed by atoms with Gasteiger partial charge in [-0.15, -0.1) is 0 Å². The lowest BCUT2D eigenvalue weighted by atomic mass is 10.1. The monoisotopic (exact) mass is 484 g/mol. The first-order valence-electron chi connectivity index (χ1n) is 9.25. The number of carbonyl (C=O) groups excluding carboxylic acids is 3. The third-order valence-electron chi connectivity index (χ3n) is 4.08. The minimum Gasteiger partial charge on any atom is -0.480 e. The van der Waals surface area contributed by atoms with Crippen molar-refractivity contribution in [1.29, 1.82) is 0 Å². The lowest BCUT2D eigenvalue weighted by Gasteiger charge is -2.25. The fourth-order valence-electron chi connectivity index (χ4n) is 2.27. The van der Waals surface area contributed by atoms with E-state index in [-0.39, 0.29) is 12.2 Å². The van der Waals surface area contributed by atoms with E-state index in [0.717, 1.165) is 0 Å². The number of hydrogen-bond acceptors (Lipinski definition) is 9. The molecule has 7 N–H and O–H groups in total. The van der Waals surface area contributed by atoms with Gasteiger partial charge < -0.3 is 31.9 Å². The van der Waals surface area contributed by atoms with Gasteiger partial charge >= 0.3 is 5.97 Å². The highest BCUT2D eigenvalue weighted by Gasteiger charge is 2.31. The number of thioether (sulfide) groups is 2. The summed E-state index contributed by atoms with van der Waals surface area (Å²) in [5.74, 6) is -2.09. The van der Waals surface area contributed by atoms with Crippen LogP contribution in [0.3, 0.4) is 0 Å². The smallest absolute Gasteiger partial charge is 0.328 e. The van der Waals surface area contributed by atoms with Crippen molar-refractivity contribution >= 4 is 59.8 Å². The highest BCUT2D eigenvalue weighted by atomic mass is 32.2. The average molecular weight is 485 g/mol. The number of carbonyl (C=O) groups is 4. The number of aliphatic hydroxyl groups is 1. The quantitative estimate of drug-likeness (QED) is 0.139. The van der Waals surface area contributed by atoms with E-state index in [9.17, 15) is 24.3 Å². The van der Waals surface area contributed by atoms with Gasteiger partial charge in [-0.3, -0.25) is 14.4 Å². The molecule has 3 amide bonds. The van der Waals surface area contributed by atoms with Crippen LogP contribution in [0.2, 0.25) is 0 Å². The number of rotatable bonds is 15. The predicted molar refractivity (Wildman–Crippen MR) is 123 cm³/mol. The van der Waals surface area contributed by atoms with Crippen LogP contribution < -0.4 is 21.7 Å². The van der Waals surface area contributed by atoms with Gasteiger partial charge in [-0.2, -0.15) is 36.2 Å². The van der Waals surface area contributed by atoms with Crippen LogP contribution in [-0.4, -0.2) is 93.9 Å². The van der Waals surface area contributed by atoms with E-state index >= 15 is 0 Å². The molecular weight excluding hydrogens is 452 g/mol. The van der Waals surface area contributed by atoms with E-state index in [2.05, 4.69) is 28.6 Å². The molecule has 0 bridgehead atoms. The molecule has 5 atom stereocenters. The topological polar surface area (TPSA) is 171 Å². The molecule has 174 valence electrons. The van der Waals surface area contributed by atoms with Gasteiger partial charge in [0.1, 0.15) is 12.1 Å². The van der Waals surface area contributed by atoms with Crippen molar-refractivity contribution in [3.05, 3.63) is 0 Å². The second kappa shape index (κ2) is 15.6. The number of aliphatic carboxylic acids is 1. The van der Waals surface area contributed by atoms with Crippen LogP contribution in [0.5, 0.6) is 0 Å². The van der Waals surface area contributed by atoms with Gasteiger partial charge in [0.2, 0.25) is 17.7 Å². The molecule has 0 saturated heterocycles. The molecule has 0 aliphatic heterocycles. The SMILES string of the molecule is CSCCC(N)C(=O)NC(CS)C(=O)NC(CCSC)C(=O)NC(C(=O)O)C(C)O. The van der Waals surface area contributed by atoms with Gasteiger partial charge in [-0.25, -0.2) is 4.79 Å².